The van der Waals surface area contributed by atoms with E-state index in [0.717, 1.165) is 0 Å². The van der Waals surface area contributed by atoms with Crippen LogP contribution in [0.2, 0.25) is 15.1 Å². The standard InChI is InChI=1S/C14H9Cl3N2O2/c15-9-3-1-2-8(6-9)13(20)18-19-14(21)11-5-4-10(16)7-12(11)17/h1-7H,(H,18,20)(H,19,21). The van der Waals surface area contributed by atoms with Crippen molar-refractivity contribution >= 4 is 46.6 Å². The molecule has 2 aromatic rings. The summed E-state index contributed by atoms with van der Waals surface area (Å²) in [4.78, 5) is 23.7. The van der Waals surface area contributed by atoms with Crippen molar-refractivity contribution in [3.05, 3.63) is 68.7 Å². The number of amides is 2. The van der Waals surface area contributed by atoms with Gasteiger partial charge < -0.3 is 0 Å². The lowest BCUT2D eigenvalue weighted by molar-refractivity contribution is 0.0847. The summed E-state index contributed by atoms with van der Waals surface area (Å²) in [5.41, 5.74) is 5.07. The average Bonchev–Trinajstić information content (AvgIpc) is 2.44. The number of hydrogen-bond acceptors (Lipinski definition) is 2. The molecule has 0 bridgehead atoms. The van der Waals surface area contributed by atoms with Crippen LogP contribution < -0.4 is 10.9 Å². The SMILES string of the molecule is O=C(NNC(=O)c1ccc(Cl)cc1Cl)c1cccc(Cl)c1. The Morgan fingerprint density at radius 2 is 1.48 bits per heavy atom. The topological polar surface area (TPSA) is 58.2 Å². The number of carbonyl (C=O) groups is 2. The van der Waals surface area contributed by atoms with Gasteiger partial charge in [0.2, 0.25) is 0 Å². The number of hydrazine groups is 1. The third kappa shape index (κ3) is 4.11. The highest BCUT2D eigenvalue weighted by molar-refractivity contribution is 6.36. The maximum absolute atomic E-state index is 11.9. The van der Waals surface area contributed by atoms with E-state index in [1.807, 2.05) is 0 Å². The maximum atomic E-state index is 11.9. The smallest absolute Gasteiger partial charge is 0.267 e. The van der Waals surface area contributed by atoms with Gasteiger partial charge in [-0.25, -0.2) is 0 Å². The Balaban J connectivity index is 2.02. The van der Waals surface area contributed by atoms with Crippen molar-refractivity contribution in [2.75, 3.05) is 0 Å². The molecule has 7 heteroatoms. The summed E-state index contributed by atoms with van der Waals surface area (Å²) < 4.78 is 0. The van der Waals surface area contributed by atoms with E-state index in [1.165, 1.54) is 24.3 Å². The Labute approximate surface area is 136 Å². The lowest BCUT2D eigenvalue weighted by Gasteiger charge is -2.09. The van der Waals surface area contributed by atoms with Crippen LogP contribution in [0.4, 0.5) is 0 Å². The van der Waals surface area contributed by atoms with Crippen LogP contribution in [-0.4, -0.2) is 11.8 Å². The summed E-state index contributed by atoms with van der Waals surface area (Å²) in [6.45, 7) is 0. The van der Waals surface area contributed by atoms with Crippen LogP contribution >= 0.6 is 34.8 Å². The molecule has 2 rings (SSSR count). The van der Waals surface area contributed by atoms with Crippen LogP contribution in [0.15, 0.2) is 42.5 Å². The van der Waals surface area contributed by atoms with Crippen molar-refractivity contribution in [3.8, 4) is 0 Å². The summed E-state index contributed by atoms with van der Waals surface area (Å²) in [7, 11) is 0. The molecular formula is C14H9Cl3N2O2. The molecule has 0 aliphatic carbocycles. The molecule has 0 radical (unpaired) electrons. The molecule has 0 unspecified atom stereocenters. The molecule has 2 amide bonds. The van der Waals surface area contributed by atoms with Crippen LogP contribution in [0.25, 0.3) is 0 Å². The number of hydrogen-bond donors (Lipinski definition) is 2. The zero-order valence-electron chi connectivity index (χ0n) is 10.5. The van der Waals surface area contributed by atoms with E-state index >= 15 is 0 Å². The molecular weight excluding hydrogens is 335 g/mol. The quantitative estimate of drug-likeness (QED) is 0.817. The Morgan fingerprint density at radius 1 is 0.810 bits per heavy atom. The minimum absolute atomic E-state index is 0.192. The van der Waals surface area contributed by atoms with Gasteiger partial charge in [0.15, 0.2) is 0 Å². The van der Waals surface area contributed by atoms with Crippen LogP contribution in [0.1, 0.15) is 20.7 Å². The van der Waals surface area contributed by atoms with E-state index in [0.29, 0.717) is 15.6 Å². The molecule has 0 aliphatic rings. The molecule has 2 aromatic carbocycles. The third-order valence-electron chi connectivity index (χ3n) is 2.55. The lowest BCUT2D eigenvalue weighted by Crippen LogP contribution is -2.41. The second-order valence-electron chi connectivity index (χ2n) is 4.04. The molecule has 4 nitrogen and oxygen atoms in total. The Bertz CT molecular complexity index is 704. The van der Waals surface area contributed by atoms with Gasteiger partial charge in [-0.1, -0.05) is 40.9 Å². The fourth-order valence-electron chi connectivity index (χ4n) is 1.56. The normalized spacial score (nSPS) is 10.0. The second kappa shape index (κ2) is 6.80. The molecule has 0 spiro atoms. The van der Waals surface area contributed by atoms with Gasteiger partial charge in [0, 0.05) is 15.6 Å². The predicted molar refractivity (Wildman–Crippen MR) is 82.8 cm³/mol. The van der Waals surface area contributed by atoms with Crippen molar-refractivity contribution in [3.63, 3.8) is 0 Å². The van der Waals surface area contributed by atoms with Gasteiger partial charge in [0.1, 0.15) is 0 Å². The first-order valence-corrected chi connectivity index (χ1v) is 6.92. The Morgan fingerprint density at radius 3 is 2.14 bits per heavy atom. The molecule has 108 valence electrons. The number of nitrogens with one attached hydrogen (secondary N) is 2. The fourth-order valence-corrected chi connectivity index (χ4v) is 2.24. The van der Waals surface area contributed by atoms with E-state index in [9.17, 15) is 9.59 Å². The third-order valence-corrected chi connectivity index (χ3v) is 3.34. The van der Waals surface area contributed by atoms with Gasteiger partial charge in [0.25, 0.3) is 11.8 Å². The summed E-state index contributed by atoms with van der Waals surface area (Å²) >= 11 is 17.4. The highest BCUT2D eigenvalue weighted by atomic mass is 35.5. The minimum Gasteiger partial charge on any atom is -0.267 e. The van der Waals surface area contributed by atoms with Crippen LogP contribution in [0, 0.1) is 0 Å². The predicted octanol–water partition coefficient (Wildman–Crippen LogP) is 3.72. The summed E-state index contributed by atoms with van der Waals surface area (Å²) in [6.07, 6.45) is 0. The van der Waals surface area contributed by atoms with E-state index in [1.54, 1.807) is 18.2 Å². The van der Waals surface area contributed by atoms with Gasteiger partial charge >= 0.3 is 0 Å². The molecule has 0 heterocycles. The first-order valence-electron chi connectivity index (χ1n) is 5.78. The number of rotatable bonds is 2. The highest BCUT2D eigenvalue weighted by Gasteiger charge is 2.12. The molecule has 0 saturated heterocycles. The number of halogens is 3. The first kappa shape index (κ1) is 15.6. The average molecular weight is 344 g/mol. The molecule has 0 atom stereocenters. The van der Waals surface area contributed by atoms with E-state index < -0.39 is 11.8 Å². The van der Waals surface area contributed by atoms with Gasteiger partial charge in [0.05, 0.1) is 10.6 Å². The van der Waals surface area contributed by atoms with Gasteiger partial charge in [-0.2, -0.15) is 0 Å². The largest absolute Gasteiger partial charge is 0.271 e. The summed E-state index contributed by atoms with van der Waals surface area (Å²) in [5.74, 6) is -1.04. The molecule has 0 fully saturated rings. The van der Waals surface area contributed by atoms with Crippen molar-refractivity contribution in [1.82, 2.24) is 10.9 Å². The highest BCUT2D eigenvalue weighted by Crippen LogP contribution is 2.20. The van der Waals surface area contributed by atoms with E-state index in [2.05, 4.69) is 10.9 Å². The van der Waals surface area contributed by atoms with Crippen LogP contribution in [-0.2, 0) is 0 Å². The van der Waals surface area contributed by atoms with E-state index in [-0.39, 0.29) is 10.6 Å². The summed E-state index contributed by atoms with van der Waals surface area (Å²) in [5, 5.41) is 1.03. The Kier molecular flexibility index (Phi) is 5.07. The molecule has 21 heavy (non-hydrogen) atoms. The maximum Gasteiger partial charge on any atom is 0.271 e. The van der Waals surface area contributed by atoms with Gasteiger partial charge in [-0.3, -0.25) is 20.4 Å². The lowest BCUT2D eigenvalue weighted by atomic mass is 10.2. The minimum atomic E-state index is -0.549. The van der Waals surface area contributed by atoms with Crippen molar-refractivity contribution in [2.45, 2.75) is 0 Å². The second-order valence-corrected chi connectivity index (χ2v) is 5.32. The van der Waals surface area contributed by atoms with E-state index in [4.69, 9.17) is 34.8 Å². The number of benzene rings is 2. The molecule has 0 aromatic heterocycles. The fraction of sp³-hybridized carbons (Fsp3) is 0. The first-order chi connectivity index (χ1) is 9.97. The molecule has 0 saturated carbocycles. The van der Waals surface area contributed by atoms with Gasteiger partial charge in [-0.15, -0.1) is 0 Å². The molecule has 0 aliphatic heterocycles. The van der Waals surface area contributed by atoms with Crippen LogP contribution in [0.5, 0.6) is 0 Å². The van der Waals surface area contributed by atoms with Gasteiger partial charge in [-0.05, 0) is 36.4 Å². The van der Waals surface area contributed by atoms with Crippen molar-refractivity contribution in [2.24, 2.45) is 0 Å². The zero-order chi connectivity index (χ0) is 15.4. The number of carbonyl (C=O) groups excluding carboxylic acids is 2. The summed E-state index contributed by atoms with van der Waals surface area (Å²) in [6, 6.07) is 10.8. The van der Waals surface area contributed by atoms with Crippen molar-refractivity contribution < 1.29 is 9.59 Å². The molecule has 2 N–H and O–H groups in total. The monoisotopic (exact) mass is 342 g/mol. The Hall–Kier alpha value is -1.75. The van der Waals surface area contributed by atoms with Crippen molar-refractivity contribution in [1.29, 1.82) is 0 Å². The van der Waals surface area contributed by atoms with Crippen LogP contribution in [0.3, 0.4) is 0 Å². The zero-order valence-corrected chi connectivity index (χ0v) is 12.8.